The molecule has 6 rings (SSSR count). The van der Waals surface area contributed by atoms with Crippen molar-refractivity contribution in [1.82, 2.24) is 30.4 Å². The van der Waals surface area contributed by atoms with Crippen molar-refractivity contribution >= 4 is 51.1 Å². The topological polar surface area (TPSA) is 96.5 Å². The van der Waals surface area contributed by atoms with E-state index < -0.39 is 0 Å². The van der Waals surface area contributed by atoms with E-state index in [9.17, 15) is 4.79 Å². The van der Waals surface area contributed by atoms with Gasteiger partial charge in [0.25, 0.3) is 5.91 Å². The first-order chi connectivity index (χ1) is 21.1. The number of carbonyl (C=O) groups is 1. The van der Waals surface area contributed by atoms with Gasteiger partial charge in [-0.3, -0.25) is 14.6 Å². The van der Waals surface area contributed by atoms with Crippen LogP contribution in [0.3, 0.4) is 0 Å². The summed E-state index contributed by atoms with van der Waals surface area (Å²) in [5.41, 5.74) is 3.01. The lowest BCUT2D eigenvalue weighted by Crippen LogP contribution is -2.38. The van der Waals surface area contributed by atoms with Gasteiger partial charge in [-0.15, -0.1) is 10.2 Å². The molecule has 0 saturated carbocycles. The molecule has 1 aromatic heterocycles. The highest BCUT2D eigenvalue weighted by molar-refractivity contribution is 8.26. The van der Waals surface area contributed by atoms with Gasteiger partial charge in [0.15, 0.2) is 5.82 Å². The minimum Gasteiger partial charge on any atom is -0.492 e. The number of nitrogens with zero attached hydrogens (tertiary/aromatic N) is 5. The second kappa shape index (κ2) is 14.2. The van der Waals surface area contributed by atoms with E-state index in [1.54, 1.807) is 4.90 Å². The fraction of sp³-hybridized carbons (Fsp3) is 0.344. The number of aromatic amines is 1. The first-order valence-electron chi connectivity index (χ1n) is 14.7. The fourth-order valence-corrected chi connectivity index (χ4v) is 6.63. The van der Waals surface area contributed by atoms with Gasteiger partial charge in [0.05, 0.1) is 18.1 Å². The van der Waals surface area contributed by atoms with Crippen molar-refractivity contribution in [2.45, 2.75) is 25.7 Å². The third kappa shape index (κ3) is 7.48. The maximum absolute atomic E-state index is 13.3. The number of amides is 1. The molecule has 0 spiro atoms. The molecular formula is C32H34N6O3S2. The highest BCUT2D eigenvalue weighted by atomic mass is 32.2. The van der Waals surface area contributed by atoms with E-state index in [4.69, 9.17) is 21.7 Å². The van der Waals surface area contributed by atoms with Crippen molar-refractivity contribution in [2.24, 2.45) is 0 Å². The van der Waals surface area contributed by atoms with Crippen molar-refractivity contribution in [3.63, 3.8) is 0 Å². The zero-order chi connectivity index (χ0) is 29.4. The Labute approximate surface area is 260 Å². The van der Waals surface area contributed by atoms with Crippen LogP contribution in [0.1, 0.15) is 30.7 Å². The molecule has 2 aliphatic rings. The van der Waals surface area contributed by atoms with E-state index in [1.165, 1.54) is 22.5 Å². The molecule has 2 aliphatic heterocycles. The van der Waals surface area contributed by atoms with Gasteiger partial charge < -0.3 is 9.47 Å². The van der Waals surface area contributed by atoms with Crippen LogP contribution in [-0.4, -0.2) is 86.7 Å². The van der Waals surface area contributed by atoms with Gasteiger partial charge in [-0.25, -0.2) is 0 Å². The van der Waals surface area contributed by atoms with Crippen molar-refractivity contribution < 1.29 is 14.3 Å². The van der Waals surface area contributed by atoms with Crippen molar-refractivity contribution in [3.05, 3.63) is 77.0 Å². The Morgan fingerprint density at radius 3 is 2.70 bits per heavy atom. The first-order valence-corrected chi connectivity index (χ1v) is 15.9. The number of nitrogens with one attached hydrogen (secondary N) is 1. The Morgan fingerprint density at radius 1 is 1.00 bits per heavy atom. The Morgan fingerprint density at radius 2 is 1.86 bits per heavy atom. The number of carbonyl (C=O) groups excluding carboxylic acids is 1. The third-order valence-electron chi connectivity index (χ3n) is 7.68. The number of ether oxygens (including phenoxy) is 2. The number of aromatic nitrogens is 4. The molecule has 9 nitrogen and oxygen atoms in total. The highest BCUT2D eigenvalue weighted by Gasteiger charge is 2.31. The zero-order valence-electron chi connectivity index (χ0n) is 23.9. The van der Waals surface area contributed by atoms with Crippen molar-refractivity contribution in [2.75, 3.05) is 46.0 Å². The van der Waals surface area contributed by atoms with Gasteiger partial charge in [0, 0.05) is 38.2 Å². The summed E-state index contributed by atoms with van der Waals surface area (Å²) in [5, 5.41) is 16.4. The first kappa shape index (κ1) is 29.4. The summed E-state index contributed by atoms with van der Waals surface area (Å²) in [5.74, 6) is 1.51. The van der Waals surface area contributed by atoms with Gasteiger partial charge in [-0.2, -0.15) is 5.21 Å². The highest BCUT2D eigenvalue weighted by Crippen LogP contribution is 2.36. The average molecular weight is 615 g/mol. The normalized spacial score (nSPS) is 16.9. The number of tetrazole rings is 1. The average Bonchev–Trinajstić information content (AvgIpc) is 3.65. The number of rotatable bonds is 12. The number of H-pyrrole nitrogens is 1. The van der Waals surface area contributed by atoms with Crippen molar-refractivity contribution in [3.8, 4) is 16.9 Å². The number of thiocarbonyl (C=S) groups is 1. The monoisotopic (exact) mass is 614 g/mol. The molecule has 2 saturated heterocycles. The van der Waals surface area contributed by atoms with Gasteiger partial charge in [-0.1, -0.05) is 78.1 Å². The second-order valence-electron chi connectivity index (χ2n) is 10.6. The van der Waals surface area contributed by atoms with Gasteiger partial charge in [-0.05, 0) is 59.0 Å². The Kier molecular flexibility index (Phi) is 9.73. The molecule has 3 aromatic carbocycles. The van der Waals surface area contributed by atoms with Crippen LogP contribution in [0.2, 0.25) is 0 Å². The Balaban J connectivity index is 1.17. The zero-order valence-corrected chi connectivity index (χ0v) is 25.5. The number of benzene rings is 3. The maximum Gasteiger partial charge on any atom is 0.266 e. The fourth-order valence-electron chi connectivity index (χ4n) is 5.32. The summed E-state index contributed by atoms with van der Waals surface area (Å²) < 4.78 is 12.4. The summed E-state index contributed by atoms with van der Waals surface area (Å²) in [6, 6.07) is 21.0. The molecule has 0 radical (unpaired) electrons. The number of hydrogen-bond acceptors (Lipinski definition) is 9. The summed E-state index contributed by atoms with van der Waals surface area (Å²) >= 11 is 6.95. The number of thioether (sulfide) groups is 1. The predicted molar refractivity (Wildman–Crippen MR) is 174 cm³/mol. The summed E-state index contributed by atoms with van der Waals surface area (Å²) in [7, 11) is 0. The largest absolute Gasteiger partial charge is 0.492 e. The van der Waals surface area contributed by atoms with Gasteiger partial charge in [0.2, 0.25) is 0 Å². The van der Waals surface area contributed by atoms with Crippen LogP contribution in [0.5, 0.6) is 5.75 Å². The number of fused-ring (bicyclic) bond motifs is 1. The molecular weight excluding hydrogens is 581 g/mol. The summed E-state index contributed by atoms with van der Waals surface area (Å²) in [4.78, 5) is 18.0. The molecule has 43 heavy (non-hydrogen) atoms. The number of aryl methyl sites for hydroxylation is 1. The van der Waals surface area contributed by atoms with Crippen LogP contribution in [0.25, 0.3) is 28.0 Å². The molecule has 222 valence electrons. The van der Waals surface area contributed by atoms with Crippen LogP contribution in [0.15, 0.2) is 65.6 Å². The quantitative estimate of drug-likeness (QED) is 0.129. The summed E-state index contributed by atoms with van der Waals surface area (Å²) in [6.07, 6.45) is 5.45. The standard InChI is InChI=1S/C32H34N6O3S2/c39-31-29(43-32(42)38(31)13-5-1-2-8-30-33-35-36-34-30)21-23-9-12-28(41-19-16-37-14-17-40-18-15-37)27(20-23)26-11-10-24-6-3-4-7-25(24)22-26/h3-4,6-7,9-12,20-22H,1-2,5,8,13-19H2,(H,33,34,35,36)/b29-21-. The SMILES string of the molecule is O=C1/C(=C/c2ccc(OCCN3CCOCC3)c(-c3ccc4ccccc4c3)c2)SC(=S)N1CCCCCc1nn[nH]n1. The minimum absolute atomic E-state index is 0.0359. The number of unbranched alkanes of at least 4 members (excludes halogenated alkanes) is 2. The second-order valence-corrected chi connectivity index (χ2v) is 12.3. The lowest BCUT2D eigenvalue weighted by atomic mass is 9.98. The lowest BCUT2D eigenvalue weighted by molar-refractivity contribution is -0.122. The van der Waals surface area contributed by atoms with Gasteiger partial charge in [0.1, 0.15) is 16.7 Å². The summed E-state index contributed by atoms with van der Waals surface area (Å²) in [6.45, 7) is 5.44. The molecule has 0 unspecified atom stereocenters. The molecule has 1 N–H and O–H groups in total. The van der Waals surface area contributed by atoms with E-state index in [2.05, 4.69) is 74.1 Å². The molecule has 3 heterocycles. The van der Waals surface area contributed by atoms with Crippen LogP contribution in [0, 0.1) is 0 Å². The van der Waals surface area contributed by atoms with Crippen LogP contribution in [0.4, 0.5) is 0 Å². The molecule has 1 amide bonds. The minimum atomic E-state index is -0.0359. The van der Waals surface area contributed by atoms with Crippen LogP contribution in [-0.2, 0) is 16.0 Å². The predicted octanol–water partition coefficient (Wildman–Crippen LogP) is 5.35. The van der Waals surface area contributed by atoms with Crippen LogP contribution >= 0.6 is 24.0 Å². The van der Waals surface area contributed by atoms with Crippen molar-refractivity contribution in [1.29, 1.82) is 0 Å². The van der Waals surface area contributed by atoms with Gasteiger partial charge >= 0.3 is 0 Å². The molecule has 2 fully saturated rings. The Hall–Kier alpha value is -3.64. The molecule has 0 bridgehead atoms. The maximum atomic E-state index is 13.3. The van der Waals surface area contributed by atoms with E-state index in [-0.39, 0.29) is 5.91 Å². The number of hydrogen-bond donors (Lipinski definition) is 1. The van der Waals surface area contributed by atoms with E-state index in [1.807, 2.05) is 18.2 Å². The third-order valence-corrected chi connectivity index (χ3v) is 9.05. The lowest BCUT2D eigenvalue weighted by Gasteiger charge is -2.26. The van der Waals surface area contributed by atoms with Crippen LogP contribution < -0.4 is 4.74 Å². The smallest absolute Gasteiger partial charge is 0.266 e. The number of morpholine rings is 1. The molecule has 11 heteroatoms. The molecule has 0 aliphatic carbocycles. The molecule has 0 atom stereocenters. The van der Waals surface area contributed by atoms with E-state index >= 15 is 0 Å². The van der Waals surface area contributed by atoms with E-state index in [0.717, 1.165) is 81.0 Å². The molecule has 4 aromatic rings. The Bertz CT molecular complexity index is 1600. The van der Waals surface area contributed by atoms with E-state index in [0.29, 0.717) is 28.2 Å².